The van der Waals surface area contributed by atoms with E-state index >= 15 is 0 Å². The van der Waals surface area contributed by atoms with Crippen LogP contribution in [0.15, 0.2) is 78.0 Å². The third-order valence-corrected chi connectivity index (χ3v) is 6.48. The summed E-state index contributed by atoms with van der Waals surface area (Å²) in [5, 5.41) is 26.6. The number of nitrogens with zero attached hydrogens (tertiary/aromatic N) is 4. The SMILES string of the molecule is Cc1cccc(CSc2nnc(C(C)NC(=O)Nc3cccc(Cl)c3)n2-c2ccc([N+](=O)[O-])cc2)c1. The van der Waals surface area contributed by atoms with Gasteiger partial charge >= 0.3 is 6.03 Å². The summed E-state index contributed by atoms with van der Waals surface area (Å²) in [6, 6.07) is 20.2. The first-order valence-corrected chi connectivity index (χ1v) is 12.4. The number of hydrogen-bond donors (Lipinski definition) is 2. The minimum Gasteiger partial charge on any atom is -0.328 e. The Labute approximate surface area is 217 Å². The highest BCUT2D eigenvalue weighted by atomic mass is 35.5. The first-order chi connectivity index (χ1) is 17.3. The van der Waals surface area contributed by atoms with Crippen molar-refractivity contribution in [2.45, 2.75) is 30.8 Å². The number of carbonyl (C=O) groups excluding carboxylic acids is 1. The zero-order valence-corrected chi connectivity index (χ0v) is 21.1. The zero-order chi connectivity index (χ0) is 25.7. The number of rotatable bonds is 8. The molecule has 36 heavy (non-hydrogen) atoms. The number of anilines is 1. The third-order valence-electron chi connectivity index (χ3n) is 5.24. The number of carbonyl (C=O) groups is 1. The van der Waals surface area contributed by atoms with Crippen LogP contribution in [-0.4, -0.2) is 25.7 Å². The molecule has 9 nitrogen and oxygen atoms in total. The van der Waals surface area contributed by atoms with E-state index in [-0.39, 0.29) is 5.69 Å². The number of thioether (sulfide) groups is 1. The Balaban J connectivity index is 1.59. The summed E-state index contributed by atoms with van der Waals surface area (Å²) in [5.41, 5.74) is 3.48. The fourth-order valence-corrected chi connectivity index (χ4v) is 4.66. The molecule has 0 radical (unpaired) electrons. The van der Waals surface area contributed by atoms with Crippen molar-refractivity contribution in [3.63, 3.8) is 0 Å². The summed E-state index contributed by atoms with van der Waals surface area (Å²) in [5.74, 6) is 1.14. The summed E-state index contributed by atoms with van der Waals surface area (Å²) < 4.78 is 1.80. The van der Waals surface area contributed by atoms with E-state index < -0.39 is 17.0 Å². The topological polar surface area (TPSA) is 115 Å². The molecule has 0 saturated heterocycles. The first-order valence-electron chi connectivity index (χ1n) is 11.0. The van der Waals surface area contributed by atoms with E-state index in [1.165, 1.54) is 23.9 Å². The second-order valence-electron chi connectivity index (χ2n) is 8.06. The molecule has 1 aromatic heterocycles. The average molecular weight is 523 g/mol. The van der Waals surface area contributed by atoms with Gasteiger partial charge in [0.25, 0.3) is 5.69 Å². The number of benzene rings is 3. The zero-order valence-electron chi connectivity index (χ0n) is 19.5. The number of halogens is 1. The monoisotopic (exact) mass is 522 g/mol. The lowest BCUT2D eigenvalue weighted by atomic mass is 10.2. The van der Waals surface area contributed by atoms with Gasteiger partial charge in [0.1, 0.15) is 0 Å². The molecular formula is C25H23ClN6O3S. The van der Waals surface area contributed by atoms with E-state index in [4.69, 9.17) is 11.6 Å². The highest BCUT2D eigenvalue weighted by Gasteiger charge is 2.22. The molecule has 0 aliphatic carbocycles. The Bertz CT molecular complexity index is 1390. The van der Waals surface area contributed by atoms with Crippen molar-refractivity contribution in [1.29, 1.82) is 0 Å². The first kappa shape index (κ1) is 25.2. The number of aryl methyl sites for hydroxylation is 1. The molecule has 0 aliphatic heterocycles. The molecule has 2 N–H and O–H groups in total. The molecule has 184 valence electrons. The van der Waals surface area contributed by atoms with Gasteiger partial charge in [0, 0.05) is 34.3 Å². The average Bonchev–Trinajstić information content (AvgIpc) is 3.27. The quantitative estimate of drug-likeness (QED) is 0.159. The number of non-ortho nitro benzene ring substituents is 1. The van der Waals surface area contributed by atoms with Gasteiger partial charge in [-0.05, 0) is 49.7 Å². The molecule has 11 heteroatoms. The summed E-state index contributed by atoms with van der Waals surface area (Å²) in [4.78, 5) is 23.3. The van der Waals surface area contributed by atoms with Gasteiger partial charge in [0.05, 0.1) is 11.0 Å². The molecular weight excluding hydrogens is 500 g/mol. The highest BCUT2D eigenvalue weighted by molar-refractivity contribution is 7.98. The number of amides is 2. The molecule has 0 aliphatic rings. The molecule has 4 rings (SSSR count). The van der Waals surface area contributed by atoms with Crippen LogP contribution in [0.2, 0.25) is 5.02 Å². The molecule has 2 amide bonds. The number of aromatic nitrogens is 3. The summed E-state index contributed by atoms with van der Waals surface area (Å²) >= 11 is 7.48. The van der Waals surface area contributed by atoms with Crippen LogP contribution in [0.4, 0.5) is 16.2 Å². The number of nitrogens with one attached hydrogen (secondary N) is 2. The Hall–Kier alpha value is -3.89. The lowest BCUT2D eigenvalue weighted by Crippen LogP contribution is -2.32. The standard InChI is InChI=1S/C25H23ClN6O3S/c1-16-5-3-6-18(13-16)15-36-25-30-29-23(31(25)21-9-11-22(12-10-21)32(34)35)17(2)27-24(33)28-20-8-4-7-19(26)14-20/h3-14,17H,15H2,1-2H3,(H2,27,28,33). The minimum atomic E-state index is -0.528. The predicted octanol–water partition coefficient (Wildman–Crippen LogP) is 6.31. The Morgan fingerprint density at radius 3 is 2.56 bits per heavy atom. The number of hydrogen-bond acceptors (Lipinski definition) is 6. The van der Waals surface area contributed by atoms with Crippen LogP contribution >= 0.6 is 23.4 Å². The van der Waals surface area contributed by atoms with E-state index in [0.717, 1.165) is 11.1 Å². The smallest absolute Gasteiger partial charge is 0.319 e. The van der Waals surface area contributed by atoms with E-state index in [2.05, 4.69) is 26.9 Å². The molecule has 4 aromatic rings. The van der Waals surface area contributed by atoms with Gasteiger partial charge in [-0.1, -0.05) is 59.3 Å². The van der Waals surface area contributed by atoms with Gasteiger partial charge in [-0.2, -0.15) is 0 Å². The summed E-state index contributed by atoms with van der Waals surface area (Å²) in [6.45, 7) is 3.83. The number of nitro groups is 1. The van der Waals surface area contributed by atoms with E-state index in [9.17, 15) is 14.9 Å². The van der Waals surface area contributed by atoms with Gasteiger partial charge in [-0.15, -0.1) is 10.2 Å². The van der Waals surface area contributed by atoms with Gasteiger partial charge < -0.3 is 10.6 Å². The second-order valence-corrected chi connectivity index (χ2v) is 9.44. The van der Waals surface area contributed by atoms with Crippen molar-refractivity contribution < 1.29 is 9.72 Å². The van der Waals surface area contributed by atoms with Crippen LogP contribution in [0.5, 0.6) is 0 Å². The van der Waals surface area contributed by atoms with Crippen LogP contribution < -0.4 is 10.6 Å². The summed E-state index contributed by atoms with van der Waals surface area (Å²) in [7, 11) is 0. The van der Waals surface area contributed by atoms with Crippen LogP contribution in [0, 0.1) is 17.0 Å². The van der Waals surface area contributed by atoms with Crippen molar-refractivity contribution in [3.8, 4) is 5.69 Å². The minimum absolute atomic E-state index is 0.0191. The molecule has 0 bridgehead atoms. The van der Waals surface area contributed by atoms with Crippen molar-refractivity contribution in [1.82, 2.24) is 20.1 Å². The van der Waals surface area contributed by atoms with Crippen molar-refractivity contribution in [2.24, 2.45) is 0 Å². The summed E-state index contributed by atoms with van der Waals surface area (Å²) in [6.07, 6.45) is 0. The molecule has 1 atom stereocenters. The van der Waals surface area contributed by atoms with Gasteiger partial charge in [0.2, 0.25) is 0 Å². The Morgan fingerprint density at radius 1 is 1.11 bits per heavy atom. The fraction of sp³-hybridized carbons (Fsp3) is 0.160. The fourth-order valence-electron chi connectivity index (χ4n) is 3.57. The maximum absolute atomic E-state index is 12.6. The molecule has 3 aromatic carbocycles. The second kappa shape index (κ2) is 11.2. The maximum atomic E-state index is 12.6. The van der Waals surface area contributed by atoms with Crippen molar-refractivity contribution in [3.05, 3.63) is 105 Å². The highest BCUT2D eigenvalue weighted by Crippen LogP contribution is 2.29. The molecule has 0 saturated carbocycles. The largest absolute Gasteiger partial charge is 0.328 e. The van der Waals surface area contributed by atoms with Crippen LogP contribution in [0.25, 0.3) is 5.69 Å². The van der Waals surface area contributed by atoms with Crippen LogP contribution in [0.3, 0.4) is 0 Å². The maximum Gasteiger partial charge on any atom is 0.319 e. The van der Waals surface area contributed by atoms with Crippen molar-refractivity contribution >= 4 is 40.8 Å². The Kier molecular flexibility index (Phi) is 7.87. The van der Waals surface area contributed by atoms with E-state index in [1.54, 1.807) is 47.9 Å². The van der Waals surface area contributed by atoms with E-state index in [0.29, 0.717) is 33.1 Å². The lowest BCUT2D eigenvalue weighted by molar-refractivity contribution is -0.384. The number of urea groups is 1. The lowest BCUT2D eigenvalue weighted by Gasteiger charge is -2.17. The van der Waals surface area contributed by atoms with Crippen LogP contribution in [0.1, 0.15) is 29.9 Å². The third kappa shape index (κ3) is 6.21. The normalized spacial score (nSPS) is 11.6. The molecule has 1 unspecified atom stereocenters. The van der Waals surface area contributed by atoms with Gasteiger partial charge in [-0.3, -0.25) is 14.7 Å². The molecule has 1 heterocycles. The predicted molar refractivity (Wildman–Crippen MR) is 141 cm³/mol. The van der Waals surface area contributed by atoms with Crippen LogP contribution in [-0.2, 0) is 5.75 Å². The number of nitro benzene ring substituents is 1. The molecule has 0 fully saturated rings. The van der Waals surface area contributed by atoms with Gasteiger partial charge in [-0.25, -0.2) is 4.79 Å². The van der Waals surface area contributed by atoms with E-state index in [1.807, 2.05) is 25.1 Å². The molecule has 0 spiro atoms. The Morgan fingerprint density at radius 2 is 1.86 bits per heavy atom. The van der Waals surface area contributed by atoms with Gasteiger partial charge in [0.15, 0.2) is 11.0 Å². The van der Waals surface area contributed by atoms with Crippen molar-refractivity contribution in [2.75, 3.05) is 5.32 Å².